The van der Waals surface area contributed by atoms with Crippen LogP contribution >= 0.6 is 0 Å². The number of aliphatic imine (C=N–C) groups is 1. The fourth-order valence-corrected chi connectivity index (χ4v) is 2.75. The Morgan fingerprint density at radius 2 is 1.69 bits per heavy atom. The van der Waals surface area contributed by atoms with Crippen LogP contribution in [0.4, 0.5) is 5.69 Å². The van der Waals surface area contributed by atoms with Gasteiger partial charge in [0.2, 0.25) is 5.89 Å². The number of para-hydroxylation sites is 1. The lowest BCUT2D eigenvalue weighted by atomic mass is 10.2. The lowest BCUT2D eigenvalue weighted by molar-refractivity contribution is 0.620. The number of hydrogen-bond acceptors (Lipinski definition) is 3. The van der Waals surface area contributed by atoms with Crippen molar-refractivity contribution < 1.29 is 4.42 Å². The fraction of sp³-hybridized carbons (Fsp3) is 0.0435. The number of oxazole rings is 1. The number of hydrogen-bond donors (Lipinski definition) is 0. The fourth-order valence-electron chi connectivity index (χ4n) is 2.75. The molecule has 0 fully saturated rings. The van der Waals surface area contributed by atoms with Crippen molar-refractivity contribution in [3.05, 3.63) is 90.0 Å². The predicted octanol–water partition coefficient (Wildman–Crippen LogP) is 6.22. The summed E-state index contributed by atoms with van der Waals surface area (Å²) in [7, 11) is 0. The number of fused-ring (bicyclic) bond motifs is 1. The summed E-state index contributed by atoms with van der Waals surface area (Å²) in [5.41, 5.74) is 5.83. The van der Waals surface area contributed by atoms with Crippen molar-refractivity contribution in [3.8, 4) is 11.5 Å². The van der Waals surface area contributed by atoms with E-state index >= 15 is 0 Å². The second kappa shape index (κ2) is 7.19. The van der Waals surface area contributed by atoms with Crippen molar-refractivity contribution in [3.63, 3.8) is 0 Å². The standard InChI is InChI=1S/C23H18N2O/c1-17-7-5-11-21-22(17)25-23(26-21)19-12-14-20(15-13-19)24-16-6-10-18-8-3-2-4-9-18/h2-16H,1H3/b10-6+,24-16?. The number of allylic oxidation sites excluding steroid dienone is 1. The van der Waals surface area contributed by atoms with Crippen LogP contribution in [-0.4, -0.2) is 11.2 Å². The highest BCUT2D eigenvalue weighted by Crippen LogP contribution is 2.27. The summed E-state index contributed by atoms with van der Waals surface area (Å²) in [5.74, 6) is 0.633. The van der Waals surface area contributed by atoms with Crippen molar-refractivity contribution >= 4 is 29.1 Å². The largest absolute Gasteiger partial charge is 0.436 e. The Kier molecular flexibility index (Phi) is 4.44. The van der Waals surface area contributed by atoms with Crippen LogP contribution in [0.2, 0.25) is 0 Å². The lowest BCUT2D eigenvalue weighted by Gasteiger charge is -1.96. The quantitative estimate of drug-likeness (QED) is 0.414. The Bertz CT molecular complexity index is 1070. The third kappa shape index (κ3) is 3.47. The molecule has 1 aromatic heterocycles. The highest BCUT2D eigenvalue weighted by molar-refractivity contribution is 5.81. The zero-order chi connectivity index (χ0) is 17.8. The first-order valence-electron chi connectivity index (χ1n) is 8.52. The van der Waals surface area contributed by atoms with E-state index < -0.39 is 0 Å². The van der Waals surface area contributed by atoms with E-state index in [1.165, 1.54) is 0 Å². The van der Waals surface area contributed by atoms with E-state index in [1.807, 2.05) is 79.7 Å². The summed E-state index contributed by atoms with van der Waals surface area (Å²) in [6.07, 6.45) is 5.76. The minimum atomic E-state index is 0.633. The van der Waals surface area contributed by atoms with E-state index in [0.717, 1.165) is 33.5 Å². The Labute approximate surface area is 152 Å². The van der Waals surface area contributed by atoms with Gasteiger partial charge in [0.25, 0.3) is 0 Å². The second-order valence-electron chi connectivity index (χ2n) is 6.04. The molecule has 0 saturated carbocycles. The van der Waals surface area contributed by atoms with E-state index in [0.29, 0.717) is 5.89 Å². The van der Waals surface area contributed by atoms with E-state index in [4.69, 9.17) is 4.42 Å². The molecule has 3 heteroatoms. The van der Waals surface area contributed by atoms with Crippen LogP contribution in [0.1, 0.15) is 11.1 Å². The van der Waals surface area contributed by atoms with Gasteiger partial charge in [-0.2, -0.15) is 0 Å². The molecule has 0 spiro atoms. The van der Waals surface area contributed by atoms with E-state index in [2.05, 4.69) is 22.1 Å². The first-order valence-corrected chi connectivity index (χ1v) is 8.52. The molecular formula is C23H18N2O. The smallest absolute Gasteiger partial charge is 0.227 e. The molecule has 0 amide bonds. The molecule has 0 unspecified atom stereocenters. The molecule has 0 aliphatic carbocycles. The zero-order valence-electron chi connectivity index (χ0n) is 14.5. The van der Waals surface area contributed by atoms with Gasteiger partial charge in [-0.15, -0.1) is 0 Å². The molecule has 3 nitrogen and oxygen atoms in total. The van der Waals surface area contributed by atoms with E-state index in [-0.39, 0.29) is 0 Å². The molecule has 0 bridgehead atoms. The van der Waals surface area contributed by atoms with Crippen LogP contribution in [0.15, 0.2) is 88.3 Å². The van der Waals surface area contributed by atoms with Gasteiger partial charge in [-0.05, 0) is 54.5 Å². The maximum Gasteiger partial charge on any atom is 0.227 e. The first-order chi connectivity index (χ1) is 12.8. The minimum absolute atomic E-state index is 0.633. The normalized spacial score (nSPS) is 11.7. The Balaban J connectivity index is 1.50. The highest BCUT2D eigenvalue weighted by Gasteiger charge is 2.09. The number of aromatic nitrogens is 1. The van der Waals surface area contributed by atoms with Gasteiger partial charge < -0.3 is 4.42 Å². The van der Waals surface area contributed by atoms with Crippen molar-refractivity contribution in [2.45, 2.75) is 6.92 Å². The maximum atomic E-state index is 5.86. The van der Waals surface area contributed by atoms with Crippen molar-refractivity contribution in [2.75, 3.05) is 0 Å². The maximum absolute atomic E-state index is 5.86. The van der Waals surface area contributed by atoms with Crippen LogP contribution in [0.3, 0.4) is 0 Å². The Hall–Kier alpha value is -3.46. The second-order valence-corrected chi connectivity index (χ2v) is 6.04. The van der Waals surface area contributed by atoms with E-state index in [9.17, 15) is 0 Å². The van der Waals surface area contributed by atoms with Crippen molar-refractivity contribution in [2.24, 2.45) is 4.99 Å². The molecule has 4 aromatic rings. The first kappa shape index (κ1) is 16.0. The number of rotatable bonds is 4. The van der Waals surface area contributed by atoms with Crippen LogP contribution in [0, 0.1) is 6.92 Å². The third-order valence-electron chi connectivity index (χ3n) is 4.13. The molecule has 4 rings (SSSR count). The van der Waals surface area contributed by atoms with Gasteiger partial charge in [-0.25, -0.2) is 4.98 Å². The van der Waals surface area contributed by atoms with Crippen LogP contribution in [-0.2, 0) is 0 Å². The van der Waals surface area contributed by atoms with Gasteiger partial charge in [0, 0.05) is 11.8 Å². The number of nitrogens with zero attached hydrogens (tertiary/aromatic N) is 2. The Morgan fingerprint density at radius 3 is 2.46 bits per heavy atom. The summed E-state index contributed by atoms with van der Waals surface area (Å²) in [4.78, 5) is 9.06. The van der Waals surface area contributed by atoms with Crippen LogP contribution in [0.5, 0.6) is 0 Å². The van der Waals surface area contributed by atoms with E-state index in [1.54, 1.807) is 6.21 Å². The zero-order valence-corrected chi connectivity index (χ0v) is 14.5. The molecule has 0 aliphatic heterocycles. The topological polar surface area (TPSA) is 38.4 Å². The van der Waals surface area contributed by atoms with Gasteiger partial charge >= 0.3 is 0 Å². The Morgan fingerprint density at radius 1 is 0.885 bits per heavy atom. The molecule has 26 heavy (non-hydrogen) atoms. The molecule has 0 saturated heterocycles. The summed E-state index contributed by atoms with van der Waals surface area (Å²) in [6.45, 7) is 2.04. The number of benzene rings is 3. The third-order valence-corrected chi connectivity index (χ3v) is 4.13. The minimum Gasteiger partial charge on any atom is -0.436 e. The predicted molar refractivity (Wildman–Crippen MR) is 108 cm³/mol. The SMILES string of the molecule is Cc1cccc2oc(-c3ccc(N=C/C=C/c4ccccc4)cc3)nc12. The summed E-state index contributed by atoms with van der Waals surface area (Å²) < 4.78 is 5.86. The molecule has 3 aromatic carbocycles. The van der Waals surface area contributed by atoms with Gasteiger partial charge in [0.15, 0.2) is 5.58 Å². The van der Waals surface area contributed by atoms with Gasteiger partial charge in [-0.3, -0.25) is 4.99 Å². The summed E-state index contributed by atoms with van der Waals surface area (Å²) >= 11 is 0. The molecular weight excluding hydrogens is 320 g/mol. The summed E-state index contributed by atoms with van der Waals surface area (Å²) in [6, 6.07) is 24.0. The van der Waals surface area contributed by atoms with Crippen LogP contribution in [0.25, 0.3) is 28.6 Å². The summed E-state index contributed by atoms with van der Waals surface area (Å²) in [5, 5.41) is 0. The number of aryl methyl sites for hydroxylation is 1. The van der Waals surface area contributed by atoms with Crippen molar-refractivity contribution in [1.82, 2.24) is 4.98 Å². The van der Waals surface area contributed by atoms with Gasteiger partial charge in [0.1, 0.15) is 5.52 Å². The highest BCUT2D eigenvalue weighted by atomic mass is 16.3. The molecule has 0 N–H and O–H groups in total. The average Bonchev–Trinajstić information content (AvgIpc) is 3.12. The molecule has 0 radical (unpaired) electrons. The van der Waals surface area contributed by atoms with Gasteiger partial charge in [-0.1, -0.05) is 48.5 Å². The van der Waals surface area contributed by atoms with Gasteiger partial charge in [0.05, 0.1) is 5.69 Å². The molecule has 0 atom stereocenters. The van der Waals surface area contributed by atoms with Crippen LogP contribution < -0.4 is 0 Å². The lowest BCUT2D eigenvalue weighted by Crippen LogP contribution is -1.78. The monoisotopic (exact) mass is 338 g/mol. The molecule has 1 heterocycles. The molecule has 126 valence electrons. The molecule has 0 aliphatic rings. The van der Waals surface area contributed by atoms with Crippen molar-refractivity contribution in [1.29, 1.82) is 0 Å². The average molecular weight is 338 g/mol.